The van der Waals surface area contributed by atoms with Gasteiger partial charge in [-0.25, -0.2) is 4.68 Å². The van der Waals surface area contributed by atoms with Crippen molar-refractivity contribution >= 4 is 18.2 Å². The largest absolute Gasteiger partial charge is 0.365 e. The molecule has 0 aliphatic heterocycles. The molecule has 1 heterocycles. The van der Waals surface area contributed by atoms with Crippen LogP contribution in [0, 0.1) is 0 Å². The fourth-order valence-electron chi connectivity index (χ4n) is 1.03. The third-order valence-electron chi connectivity index (χ3n) is 1.58. The van der Waals surface area contributed by atoms with E-state index in [4.69, 9.17) is 5.73 Å². The summed E-state index contributed by atoms with van der Waals surface area (Å²) in [7, 11) is 0. The van der Waals surface area contributed by atoms with Crippen molar-refractivity contribution in [2.45, 2.75) is 6.92 Å². The highest BCUT2D eigenvalue weighted by molar-refractivity contribution is 5.95. The van der Waals surface area contributed by atoms with Gasteiger partial charge in [0.25, 0.3) is 5.91 Å². The molecule has 68 valence electrons. The Kier molecular flexibility index (Phi) is 2.64. The molecule has 0 bridgehead atoms. The van der Waals surface area contributed by atoms with Crippen molar-refractivity contribution in [3.05, 3.63) is 30.1 Å². The molecular formula is C9H11N3O. The maximum absolute atomic E-state index is 10.9. The van der Waals surface area contributed by atoms with Gasteiger partial charge in [0.2, 0.25) is 0 Å². The van der Waals surface area contributed by atoms with Gasteiger partial charge in [0.05, 0.1) is 17.5 Å². The van der Waals surface area contributed by atoms with Gasteiger partial charge in [0.15, 0.2) is 0 Å². The van der Waals surface area contributed by atoms with Crippen molar-refractivity contribution in [2.75, 3.05) is 0 Å². The van der Waals surface area contributed by atoms with E-state index in [-0.39, 0.29) is 0 Å². The third kappa shape index (κ3) is 1.66. The minimum atomic E-state index is -0.495. The molecule has 0 aliphatic rings. The molecule has 1 aromatic heterocycles. The van der Waals surface area contributed by atoms with Crippen LogP contribution in [0.15, 0.2) is 18.9 Å². The van der Waals surface area contributed by atoms with Gasteiger partial charge in [-0.05, 0) is 13.0 Å². The third-order valence-corrected chi connectivity index (χ3v) is 1.58. The first-order valence-electron chi connectivity index (χ1n) is 3.83. The number of rotatable bonds is 3. The molecule has 0 fully saturated rings. The standard InChI is InChI=1S/C9H11N3O/c1-3-5-12-8(4-2)7(6-11-12)9(10)13/h3-6H,2H2,1H3,(H2,10,13). The number of carbonyl (C=O) groups is 1. The maximum atomic E-state index is 10.9. The lowest BCUT2D eigenvalue weighted by Crippen LogP contribution is -2.11. The lowest BCUT2D eigenvalue weighted by molar-refractivity contribution is 0.1000. The summed E-state index contributed by atoms with van der Waals surface area (Å²) in [6.45, 7) is 5.45. The van der Waals surface area contributed by atoms with Gasteiger partial charge in [-0.3, -0.25) is 4.79 Å². The van der Waals surface area contributed by atoms with Gasteiger partial charge >= 0.3 is 0 Å². The van der Waals surface area contributed by atoms with Gasteiger partial charge in [-0.15, -0.1) is 0 Å². The van der Waals surface area contributed by atoms with E-state index in [0.717, 1.165) is 0 Å². The quantitative estimate of drug-likeness (QED) is 0.751. The monoisotopic (exact) mass is 177 g/mol. The summed E-state index contributed by atoms with van der Waals surface area (Å²) >= 11 is 0. The summed E-state index contributed by atoms with van der Waals surface area (Å²) in [6, 6.07) is 0. The number of hydrogen-bond donors (Lipinski definition) is 1. The molecular weight excluding hydrogens is 166 g/mol. The molecule has 2 N–H and O–H groups in total. The Bertz CT molecular complexity index is 363. The highest BCUT2D eigenvalue weighted by Gasteiger charge is 2.10. The zero-order chi connectivity index (χ0) is 9.84. The van der Waals surface area contributed by atoms with E-state index in [1.54, 1.807) is 17.0 Å². The van der Waals surface area contributed by atoms with Crippen molar-refractivity contribution in [2.24, 2.45) is 5.73 Å². The fourth-order valence-corrected chi connectivity index (χ4v) is 1.03. The molecule has 1 rings (SSSR count). The minimum Gasteiger partial charge on any atom is -0.365 e. The van der Waals surface area contributed by atoms with Crippen LogP contribution in [0.5, 0.6) is 0 Å². The lowest BCUT2D eigenvalue weighted by Gasteiger charge is -1.96. The highest BCUT2D eigenvalue weighted by atomic mass is 16.1. The average Bonchev–Trinajstić information content (AvgIpc) is 2.48. The Balaban J connectivity index is 3.25. The van der Waals surface area contributed by atoms with Crippen LogP contribution in [0.2, 0.25) is 0 Å². The zero-order valence-corrected chi connectivity index (χ0v) is 7.40. The molecule has 0 aromatic carbocycles. The number of nitrogens with two attached hydrogens (primary N) is 1. The summed E-state index contributed by atoms with van der Waals surface area (Å²) in [4.78, 5) is 10.9. The number of amides is 1. The van der Waals surface area contributed by atoms with Crippen LogP contribution in [0.4, 0.5) is 0 Å². The fraction of sp³-hybridized carbons (Fsp3) is 0.111. The van der Waals surface area contributed by atoms with Gasteiger partial charge in [0, 0.05) is 6.20 Å². The normalized spacial score (nSPS) is 10.5. The van der Waals surface area contributed by atoms with Crippen molar-refractivity contribution in [3.63, 3.8) is 0 Å². The van der Waals surface area contributed by atoms with Crippen LogP contribution in [-0.4, -0.2) is 15.7 Å². The molecule has 1 amide bonds. The molecule has 0 unspecified atom stereocenters. The van der Waals surface area contributed by atoms with Crippen molar-refractivity contribution < 1.29 is 4.79 Å². The minimum absolute atomic E-state index is 0.383. The molecule has 4 nitrogen and oxygen atoms in total. The number of aromatic nitrogens is 2. The Morgan fingerprint density at radius 3 is 2.92 bits per heavy atom. The van der Waals surface area contributed by atoms with Crippen LogP contribution in [0.3, 0.4) is 0 Å². The van der Waals surface area contributed by atoms with Gasteiger partial charge in [-0.2, -0.15) is 5.10 Å². The maximum Gasteiger partial charge on any atom is 0.252 e. The van der Waals surface area contributed by atoms with E-state index >= 15 is 0 Å². The second-order valence-electron chi connectivity index (χ2n) is 2.44. The highest BCUT2D eigenvalue weighted by Crippen LogP contribution is 2.09. The summed E-state index contributed by atoms with van der Waals surface area (Å²) in [6.07, 6.45) is 6.51. The Morgan fingerprint density at radius 1 is 1.77 bits per heavy atom. The molecule has 4 heteroatoms. The molecule has 0 spiro atoms. The van der Waals surface area contributed by atoms with Crippen molar-refractivity contribution in [1.82, 2.24) is 9.78 Å². The van der Waals surface area contributed by atoms with E-state index in [9.17, 15) is 4.79 Å². The predicted octanol–water partition coefficient (Wildman–Crippen LogP) is 1.12. The van der Waals surface area contributed by atoms with E-state index in [1.807, 2.05) is 13.0 Å². The molecule has 0 saturated heterocycles. The molecule has 0 aliphatic carbocycles. The van der Waals surface area contributed by atoms with Crippen molar-refractivity contribution in [1.29, 1.82) is 0 Å². The van der Waals surface area contributed by atoms with Gasteiger partial charge in [-0.1, -0.05) is 12.7 Å². The predicted molar refractivity (Wildman–Crippen MR) is 51.8 cm³/mol. The van der Waals surface area contributed by atoms with Crippen LogP contribution >= 0.6 is 0 Å². The molecule has 1 aromatic rings. The Morgan fingerprint density at radius 2 is 2.46 bits per heavy atom. The summed E-state index contributed by atoms with van der Waals surface area (Å²) in [5, 5.41) is 3.96. The Hall–Kier alpha value is -1.84. The smallest absolute Gasteiger partial charge is 0.252 e. The number of carbonyl (C=O) groups excluding carboxylic acids is 1. The summed E-state index contributed by atoms with van der Waals surface area (Å²) in [5.74, 6) is -0.495. The van der Waals surface area contributed by atoms with Crippen LogP contribution in [0.25, 0.3) is 12.3 Å². The molecule has 0 atom stereocenters. The first-order valence-corrected chi connectivity index (χ1v) is 3.83. The second kappa shape index (κ2) is 3.71. The van der Waals surface area contributed by atoms with Crippen LogP contribution < -0.4 is 5.73 Å². The first-order chi connectivity index (χ1) is 6.20. The van der Waals surface area contributed by atoms with Crippen LogP contribution in [0.1, 0.15) is 23.0 Å². The molecule has 13 heavy (non-hydrogen) atoms. The topological polar surface area (TPSA) is 60.9 Å². The number of primary amides is 1. The van der Waals surface area contributed by atoms with Crippen molar-refractivity contribution in [3.8, 4) is 0 Å². The molecule has 0 radical (unpaired) electrons. The number of nitrogens with zero attached hydrogens (tertiary/aromatic N) is 2. The molecule has 0 saturated carbocycles. The van der Waals surface area contributed by atoms with E-state index in [2.05, 4.69) is 11.7 Å². The average molecular weight is 177 g/mol. The van der Waals surface area contributed by atoms with E-state index in [0.29, 0.717) is 11.3 Å². The Labute approximate surface area is 76.4 Å². The zero-order valence-electron chi connectivity index (χ0n) is 7.40. The van der Waals surface area contributed by atoms with Gasteiger partial charge in [0.1, 0.15) is 0 Å². The number of hydrogen-bond acceptors (Lipinski definition) is 2. The summed E-state index contributed by atoms with van der Waals surface area (Å²) < 4.78 is 1.55. The second-order valence-corrected chi connectivity index (χ2v) is 2.44. The van der Waals surface area contributed by atoms with Crippen LogP contribution in [-0.2, 0) is 0 Å². The van der Waals surface area contributed by atoms with E-state index < -0.39 is 5.91 Å². The summed E-state index contributed by atoms with van der Waals surface area (Å²) in [5.41, 5.74) is 6.13. The van der Waals surface area contributed by atoms with Gasteiger partial charge < -0.3 is 5.73 Å². The SMILES string of the molecule is C=Cc1c(C(N)=O)cnn1C=CC. The lowest BCUT2D eigenvalue weighted by atomic mass is 10.2. The van der Waals surface area contributed by atoms with E-state index in [1.165, 1.54) is 6.20 Å². The number of allylic oxidation sites excluding steroid dienone is 1. The first kappa shape index (κ1) is 9.25.